The predicted molar refractivity (Wildman–Crippen MR) is 68.9 cm³/mol. The van der Waals surface area contributed by atoms with Gasteiger partial charge in [-0.25, -0.2) is 0 Å². The van der Waals surface area contributed by atoms with Crippen LogP contribution < -0.4 is 5.32 Å². The highest BCUT2D eigenvalue weighted by atomic mass is 35.5. The van der Waals surface area contributed by atoms with E-state index in [1.807, 2.05) is 31.3 Å². The van der Waals surface area contributed by atoms with Gasteiger partial charge in [0.1, 0.15) is 0 Å². The van der Waals surface area contributed by atoms with Crippen LogP contribution in [0.4, 0.5) is 0 Å². The monoisotopic (exact) mass is 241 g/mol. The first-order chi connectivity index (χ1) is 7.60. The summed E-state index contributed by atoms with van der Waals surface area (Å²) in [6.07, 6.45) is 0.158. The molecule has 2 nitrogen and oxygen atoms in total. The maximum absolute atomic E-state index is 5.88. The molecule has 3 heteroatoms. The quantitative estimate of drug-likeness (QED) is 0.855. The lowest BCUT2D eigenvalue weighted by molar-refractivity contribution is 0.0348. The lowest BCUT2D eigenvalue weighted by Crippen LogP contribution is -2.34. The molecule has 0 aliphatic heterocycles. The van der Waals surface area contributed by atoms with Gasteiger partial charge in [-0.3, -0.25) is 0 Å². The molecule has 0 fully saturated rings. The minimum absolute atomic E-state index is 0.158. The van der Waals surface area contributed by atoms with Crippen LogP contribution in [0.1, 0.15) is 25.5 Å². The Bertz CT molecular complexity index is 310. The van der Waals surface area contributed by atoms with Gasteiger partial charge in [0.15, 0.2) is 0 Å². The lowest BCUT2D eigenvalue weighted by atomic mass is 9.93. The van der Waals surface area contributed by atoms with Crippen LogP contribution in [-0.4, -0.2) is 20.3 Å². The summed E-state index contributed by atoms with van der Waals surface area (Å²) in [5, 5.41) is 4.06. The third-order valence-corrected chi connectivity index (χ3v) is 3.05. The second-order valence-electron chi connectivity index (χ2n) is 4.26. The smallest absolute Gasteiger partial charge is 0.0788 e. The molecule has 0 aromatic heterocycles. The number of benzene rings is 1. The fourth-order valence-electron chi connectivity index (χ4n) is 1.98. The van der Waals surface area contributed by atoms with Crippen molar-refractivity contribution < 1.29 is 4.74 Å². The molecule has 0 aliphatic rings. The van der Waals surface area contributed by atoms with E-state index in [0.29, 0.717) is 5.92 Å². The molecule has 0 spiro atoms. The minimum Gasteiger partial charge on any atom is -0.379 e. The standard InChI is InChI=1S/C13H20ClNO/c1-9(2)13(16-4)12(15-3)10-5-7-11(14)8-6-10/h5-9,12-13,15H,1-4H3. The summed E-state index contributed by atoms with van der Waals surface area (Å²) in [6, 6.07) is 8.10. The highest BCUT2D eigenvalue weighted by Gasteiger charge is 2.24. The van der Waals surface area contributed by atoms with Crippen LogP contribution in [0.5, 0.6) is 0 Å². The molecule has 0 radical (unpaired) electrons. The average Bonchev–Trinajstić information content (AvgIpc) is 2.26. The molecular weight excluding hydrogens is 222 g/mol. The first kappa shape index (κ1) is 13.5. The van der Waals surface area contributed by atoms with Gasteiger partial charge in [-0.15, -0.1) is 0 Å². The van der Waals surface area contributed by atoms with E-state index in [0.717, 1.165) is 5.02 Å². The number of hydrogen-bond acceptors (Lipinski definition) is 2. The molecule has 0 bridgehead atoms. The maximum Gasteiger partial charge on any atom is 0.0788 e. The van der Waals surface area contributed by atoms with Gasteiger partial charge in [-0.05, 0) is 30.7 Å². The summed E-state index contributed by atoms with van der Waals surface area (Å²) in [5.41, 5.74) is 1.20. The first-order valence-corrected chi connectivity index (χ1v) is 5.93. The van der Waals surface area contributed by atoms with Crippen LogP contribution in [-0.2, 0) is 4.74 Å². The van der Waals surface area contributed by atoms with Crippen LogP contribution in [0, 0.1) is 5.92 Å². The summed E-state index contributed by atoms with van der Waals surface area (Å²) in [6.45, 7) is 4.32. The van der Waals surface area contributed by atoms with Gasteiger partial charge in [0, 0.05) is 12.1 Å². The Morgan fingerprint density at radius 2 is 1.75 bits per heavy atom. The Hall–Kier alpha value is -0.570. The lowest BCUT2D eigenvalue weighted by Gasteiger charge is -2.29. The normalized spacial score (nSPS) is 15.1. The Balaban J connectivity index is 2.92. The Morgan fingerprint density at radius 1 is 1.19 bits per heavy atom. The van der Waals surface area contributed by atoms with E-state index in [1.165, 1.54) is 5.56 Å². The SMILES string of the molecule is CNC(c1ccc(Cl)cc1)C(OC)C(C)C. The summed E-state index contributed by atoms with van der Waals surface area (Å²) >= 11 is 5.88. The molecule has 1 aromatic rings. The third-order valence-electron chi connectivity index (χ3n) is 2.80. The molecule has 0 saturated heterocycles. The second-order valence-corrected chi connectivity index (χ2v) is 4.70. The van der Waals surface area contributed by atoms with Crippen molar-refractivity contribution in [1.29, 1.82) is 0 Å². The van der Waals surface area contributed by atoms with Crippen LogP contribution in [0.2, 0.25) is 5.02 Å². The molecule has 2 atom stereocenters. The zero-order valence-electron chi connectivity index (χ0n) is 10.3. The van der Waals surface area contributed by atoms with Crippen molar-refractivity contribution in [2.24, 2.45) is 5.92 Å². The molecule has 0 heterocycles. The molecule has 2 unspecified atom stereocenters. The number of nitrogens with one attached hydrogen (secondary N) is 1. The van der Waals surface area contributed by atoms with E-state index >= 15 is 0 Å². The molecule has 90 valence electrons. The number of likely N-dealkylation sites (N-methyl/N-ethyl adjacent to an activating group) is 1. The van der Waals surface area contributed by atoms with Crippen molar-refractivity contribution in [3.8, 4) is 0 Å². The molecule has 1 rings (SSSR count). The van der Waals surface area contributed by atoms with Gasteiger partial charge in [0.2, 0.25) is 0 Å². The summed E-state index contributed by atoms with van der Waals surface area (Å²) in [4.78, 5) is 0. The molecule has 1 N–H and O–H groups in total. The Kier molecular flexibility index (Phi) is 5.26. The highest BCUT2D eigenvalue weighted by molar-refractivity contribution is 6.30. The van der Waals surface area contributed by atoms with Crippen LogP contribution in [0.15, 0.2) is 24.3 Å². The largest absolute Gasteiger partial charge is 0.379 e. The van der Waals surface area contributed by atoms with Crippen molar-refractivity contribution in [2.45, 2.75) is 26.0 Å². The van der Waals surface area contributed by atoms with Gasteiger partial charge in [-0.2, -0.15) is 0 Å². The van der Waals surface area contributed by atoms with Crippen molar-refractivity contribution in [3.63, 3.8) is 0 Å². The molecule has 0 amide bonds. The van der Waals surface area contributed by atoms with E-state index < -0.39 is 0 Å². The molecular formula is C13H20ClNO. The van der Waals surface area contributed by atoms with E-state index in [4.69, 9.17) is 16.3 Å². The molecule has 0 saturated carbocycles. The van der Waals surface area contributed by atoms with E-state index in [1.54, 1.807) is 7.11 Å². The average molecular weight is 242 g/mol. The van der Waals surface area contributed by atoms with Gasteiger partial charge in [0.25, 0.3) is 0 Å². The van der Waals surface area contributed by atoms with E-state index in [2.05, 4.69) is 19.2 Å². The van der Waals surface area contributed by atoms with Gasteiger partial charge < -0.3 is 10.1 Å². The molecule has 1 aromatic carbocycles. The van der Waals surface area contributed by atoms with Crippen LogP contribution in [0.3, 0.4) is 0 Å². The van der Waals surface area contributed by atoms with Crippen molar-refractivity contribution in [2.75, 3.05) is 14.2 Å². The zero-order valence-corrected chi connectivity index (χ0v) is 11.1. The maximum atomic E-state index is 5.88. The molecule has 16 heavy (non-hydrogen) atoms. The Morgan fingerprint density at radius 3 is 2.12 bits per heavy atom. The van der Waals surface area contributed by atoms with Gasteiger partial charge >= 0.3 is 0 Å². The van der Waals surface area contributed by atoms with Gasteiger partial charge in [-0.1, -0.05) is 37.6 Å². The fraction of sp³-hybridized carbons (Fsp3) is 0.538. The number of methoxy groups -OCH3 is 1. The number of ether oxygens (including phenoxy) is 1. The van der Waals surface area contributed by atoms with E-state index in [9.17, 15) is 0 Å². The molecule has 0 aliphatic carbocycles. The van der Waals surface area contributed by atoms with Crippen LogP contribution in [0.25, 0.3) is 0 Å². The predicted octanol–water partition coefficient (Wildman–Crippen LogP) is 3.27. The number of halogens is 1. The summed E-state index contributed by atoms with van der Waals surface area (Å²) in [7, 11) is 3.71. The number of hydrogen-bond donors (Lipinski definition) is 1. The number of rotatable bonds is 5. The minimum atomic E-state index is 0.158. The third kappa shape index (κ3) is 3.21. The van der Waals surface area contributed by atoms with Crippen LogP contribution >= 0.6 is 11.6 Å². The Labute approximate surface area is 103 Å². The fourth-order valence-corrected chi connectivity index (χ4v) is 2.11. The first-order valence-electron chi connectivity index (χ1n) is 5.55. The summed E-state index contributed by atoms with van der Waals surface area (Å²) < 4.78 is 5.55. The van der Waals surface area contributed by atoms with Gasteiger partial charge in [0.05, 0.1) is 12.1 Å². The van der Waals surface area contributed by atoms with Crippen molar-refractivity contribution in [1.82, 2.24) is 5.32 Å². The topological polar surface area (TPSA) is 21.3 Å². The van der Waals surface area contributed by atoms with Crippen molar-refractivity contribution >= 4 is 11.6 Å². The zero-order chi connectivity index (χ0) is 12.1. The summed E-state index contributed by atoms with van der Waals surface area (Å²) in [5.74, 6) is 0.457. The highest BCUT2D eigenvalue weighted by Crippen LogP contribution is 2.25. The second kappa shape index (κ2) is 6.24. The van der Waals surface area contributed by atoms with Crippen molar-refractivity contribution in [3.05, 3.63) is 34.9 Å². The van der Waals surface area contributed by atoms with E-state index in [-0.39, 0.29) is 12.1 Å².